The van der Waals surface area contributed by atoms with Crippen LogP contribution in [0.5, 0.6) is 0 Å². The summed E-state index contributed by atoms with van der Waals surface area (Å²) in [5.74, 6) is 0. The van der Waals surface area contributed by atoms with Crippen LogP contribution < -0.4 is 0 Å². The van der Waals surface area contributed by atoms with Gasteiger partial charge in [0.25, 0.3) is 0 Å². The maximum absolute atomic E-state index is 9.61. The first-order chi connectivity index (χ1) is 1.73. The van der Waals surface area contributed by atoms with Gasteiger partial charge in [0, 0.05) is 0 Å². The highest BCUT2D eigenvalue weighted by atomic mass is 19.4. The van der Waals surface area contributed by atoms with Crippen molar-refractivity contribution >= 4 is 0 Å². The second-order valence-electron chi connectivity index (χ2n) is 0.202. The first-order valence-corrected chi connectivity index (χ1v) is 0.521. The normalized spacial score (nSPS) is 6.50. The van der Waals surface area contributed by atoms with Crippen molar-refractivity contribution in [3.8, 4) is 0 Å². The lowest BCUT2D eigenvalue weighted by atomic mass is 13.5. The van der Waals surface area contributed by atoms with Gasteiger partial charge in [-0.05, 0) is 0 Å². The maximum Gasteiger partial charge on any atom is 0.486 e. The molecule has 0 bridgehead atoms. The Hall–Kier alpha value is -0.540. The fourth-order valence-corrected chi connectivity index (χ4v) is 0. The Kier molecular flexibility index (Phi) is 0.750. The van der Waals surface area contributed by atoms with Gasteiger partial charge in [-0.25, -0.2) is 0 Å². The molecule has 24 valence electrons. The zero-order valence-corrected chi connectivity index (χ0v) is 1.61. The van der Waals surface area contributed by atoms with E-state index in [0.717, 1.165) is 0 Å². The molecular weight excluding hydrogens is 68.0 g/mol. The van der Waals surface area contributed by atoms with Crippen molar-refractivity contribution in [2.24, 2.45) is 0 Å². The van der Waals surface area contributed by atoms with E-state index in [1.54, 1.807) is 0 Å². The van der Waals surface area contributed by atoms with Gasteiger partial charge in [0.1, 0.15) is 4.91 Å². The largest absolute Gasteiger partial charge is 0.486 e. The number of nitrogens with zero attached hydrogens (tertiary/aromatic N) is 1. The van der Waals surface area contributed by atoms with Crippen LogP contribution in [0.2, 0.25) is 0 Å². The standard InChI is InChI=1S/F2NO/c1-3(2)4/q+1. The van der Waals surface area contributed by atoms with E-state index in [9.17, 15) is 8.96 Å². The topological polar surface area (TPSA) is 20.1 Å². The van der Waals surface area contributed by atoms with Crippen LogP contribution in [0, 0.1) is 4.91 Å². The lowest BCUT2D eigenvalue weighted by Gasteiger charge is -1.25. The molecule has 0 aliphatic carbocycles. The SMILES string of the molecule is O=[N+](F)F. The summed E-state index contributed by atoms with van der Waals surface area (Å²) in [6.45, 7) is 0. The summed E-state index contributed by atoms with van der Waals surface area (Å²) in [5, 5.41) is -2.25. The minimum Gasteiger partial charge on any atom is 0.126 e. The summed E-state index contributed by atoms with van der Waals surface area (Å²) in [7, 11) is 0. The number of nitroso groups, excluding NO2 is 1. The molecule has 0 fully saturated rings. The predicted octanol–water partition coefficient (Wildman–Crippen LogP) is 0.534. The molecule has 0 N–H and O–H groups in total. The summed E-state index contributed by atoms with van der Waals surface area (Å²) in [4.78, 5) is 8.03. The second kappa shape index (κ2) is 0.867. The molecule has 0 unspecified atom stereocenters. The van der Waals surface area contributed by atoms with Crippen molar-refractivity contribution in [2.75, 3.05) is 0 Å². The van der Waals surface area contributed by atoms with Crippen molar-refractivity contribution < 1.29 is 14.2 Å². The molecule has 0 aromatic carbocycles. The van der Waals surface area contributed by atoms with Gasteiger partial charge >= 0.3 is 5.20 Å². The Balaban J connectivity index is 2.80. The van der Waals surface area contributed by atoms with Crippen LogP contribution in [-0.2, 0) is 0 Å². The van der Waals surface area contributed by atoms with Gasteiger partial charge in [-0.3, -0.25) is 0 Å². The molecule has 0 rings (SSSR count). The minimum absolute atomic E-state index is 2.25. The number of hydrogen-bond acceptors (Lipinski definition) is 1. The molecule has 0 radical (unpaired) electrons. The van der Waals surface area contributed by atoms with E-state index in [0.29, 0.717) is 0 Å². The Bertz CT molecular complexity index is 29.0. The molecule has 0 spiro atoms. The molecule has 0 heterocycles. The van der Waals surface area contributed by atoms with Gasteiger partial charge in [0.15, 0.2) is 8.96 Å². The van der Waals surface area contributed by atoms with Gasteiger partial charge in [-0.1, -0.05) is 0 Å². The van der Waals surface area contributed by atoms with E-state index in [4.69, 9.17) is 4.91 Å². The van der Waals surface area contributed by atoms with E-state index in [1.165, 1.54) is 0 Å². The van der Waals surface area contributed by atoms with Gasteiger partial charge < -0.3 is 0 Å². The zero-order valence-electron chi connectivity index (χ0n) is 1.61. The van der Waals surface area contributed by atoms with E-state index < -0.39 is 5.20 Å². The Morgan fingerprint density at radius 1 is 1.50 bits per heavy atom. The second-order valence-corrected chi connectivity index (χ2v) is 0.202. The molecule has 0 amide bonds. The van der Waals surface area contributed by atoms with Crippen LogP contribution in [0.15, 0.2) is 0 Å². The highest BCUT2D eigenvalue weighted by Gasteiger charge is 1.92. The van der Waals surface area contributed by atoms with Crippen LogP contribution in [0.4, 0.5) is 8.96 Å². The minimum atomic E-state index is -2.25. The molecule has 4 heavy (non-hydrogen) atoms. The molecule has 0 atom stereocenters. The summed E-state index contributed by atoms with van der Waals surface area (Å²) < 4.78 is 19.2. The number of rotatable bonds is 0. The van der Waals surface area contributed by atoms with Crippen molar-refractivity contribution in [3.63, 3.8) is 0 Å². The van der Waals surface area contributed by atoms with Crippen LogP contribution in [-0.4, -0.2) is 5.20 Å². The molecule has 0 saturated heterocycles. The van der Waals surface area contributed by atoms with Crippen LogP contribution in [0.3, 0.4) is 0 Å². The van der Waals surface area contributed by atoms with Crippen LogP contribution in [0.1, 0.15) is 0 Å². The van der Waals surface area contributed by atoms with Gasteiger partial charge in [0.05, 0.1) is 0 Å². The van der Waals surface area contributed by atoms with E-state index in [2.05, 4.69) is 0 Å². The van der Waals surface area contributed by atoms with Gasteiger partial charge in [-0.15, -0.1) is 0 Å². The summed E-state index contributed by atoms with van der Waals surface area (Å²) >= 11 is 0. The molecule has 0 saturated carbocycles. The molecule has 4 heteroatoms. The van der Waals surface area contributed by atoms with Gasteiger partial charge in [-0.2, -0.15) is 0 Å². The first kappa shape index (κ1) is 3.46. The van der Waals surface area contributed by atoms with E-state index in [-0.39, 0.29) is 0 Å². The lowest BCUT2D eigenvalue weighted by molar-refractivity contribution is -0.869. The van der Waals surface area contributed by atoms with Crippen molar-refractivity contribution in [1.82, 2.24) is 0 Å². The summed E-state index contributed by atoms with van der Waals surface area (Å²) in [5.41, 5.74) is 0. The quantitative estimate of drug-likeness (QED) is 0.379. The number of halogens is 2. The summed E-state index contributed by atoms with van der Waals surface area (Å²) in [6.07, 6.45) is 0. The van der Waals surface area contributed by atoms with Crippen molar-refractivity contribution in [1.29, 1.82) is 0 Å². The molecule has 0 aromatic rings. The van der Waals surface area contributed by atoms with E-state index >= 15 is 0 Å². The third-order valence-electron chi connectivity index (χ3n) is 0. The third kappa shape index (κ3) is 1.06. The maximum atomic E-state index is 9.61. The first-order valence-electron chi connectivity index (χ1n) is 0.521. The molecule has 0 aromatic heterocycles. The monoisotopic (exact) mass is 68.0 g/mol. The average molecular weight is 68.0 g/mol. The molecule has 0 aliphatic rings. The molecular formula is F2NO+. The Morgan fingerprint density at radius 2 is 1.50 bits per heavy atom. The average Bonchev–Trinajstić information content (AvgIpc) is 0.811. The van der Waals surface area contributed by atoms with Crippen LogP contribution in [0.25, 0.3) is 0 Å². The zero-order chi connectivity index (χ0) is 3.58. The lowest BCUT2D eigenvalue weighted by Crippen LogP contribution is -1.62. The van der Waals surface area contributed by atoms with Crippen molar-refractivity contribution in [3.05, 3.63) is 4.91 Å². The number of hydrogen-bond donors (Lipinski definition) is 0. The van der Waals surface area contributed by atoms with Crippen molar-refractivity contribution in [2.45, 2.75) is 0 Å². The molecule has 0 aliphatic heterocycles. The predicted molar refractivity (Wildman–Crippen MR) is 5.84 cm³/mol. The molecule has 2 nitrogen and oxygen atoms in total. The van der Waals surface area contributed by atoms with Crippen LogP contribution >= 0.6 is 0 Å². The highest BCUT2D eigenvalue weighted by Crippen LogP contribution is 1.63. The van der Waals surface area contributed by atoms with E-state index in [1.807, 2.05) is 0 Å². The smallest absolute Gasteiger partial charge is 0.126 e. The summed E-state index contributed by atoms with van der Waals surface area (Å²) in [6, 6.07) is 0. The Labute approximate surface area is 20.5 Å². The fraction of sp³-hybridized carbons (Fsp3) is 0. The third-order valence-corrected chi connectivity index (χ3v) is 0. The fourth-order valence-electron chi connectivity index (χ4n) is 0. The van der Waals surface area contributed by atoms with Gasteiger partial charge in [0.2, 0.25) is 0 Å². The highest BCUT2D eigenvalue weighted by molar-refractivity contribution is 3.57. The Morgan fingerprint density at radius 3 is 1.50 bits per heavy atom.